The molecule has 0 radical (unpaired) electrons. The van der Waals surface area contributed by atoms with Crippen molar-refractivity contribution in [3.05, 3.63) is 51.7 Å². The molecule has 0 saturated carbocycles. The summed E-state index contributed by atoms with van der Waals surface area (Å²) in [6.45, 7) is 4.19. The summed E-state index contributed by atoms with van der Waals surface area (Å²) < 4.78 is 0. The van der Waals surface area contributed by atoms with Crippen molar-refractivity contribution in [2.24, 2.45) is 4.99 Å². The summed E-state index contributed by atoms with van der Waals surface area (Å²) in [5.74, 6) is -1.42. The first kappa shape index (κ1) is 22.4. The number of amidine groups is 1. The minimum atomic E-state index is -1.26. The fourth-order valence-corrected chi connectivity index (χ4v) is 5.02. The van der Waals surface area contributed by atoms with E-state index in [-0.39, 0.29) is 0 Å². The van der Waals surface area contributed by atoms with E-state index >= 15 is 0 Å². The van der Waals surface area contributed by atoms with Gasteiger partial charge in [-0.25, -0.2) is 14.6 Å². The largest absolute Gasteiger partial charge is 0.478 e. The molecule has 2 aliphatic rings. The highest BCUT2D eigenvalue weighted by atomic mass is 35.5. The van der Waals surface area contributed by atoms with Gasteiger partial charge in [-0.3, -0.25) is 0 Å². The molecule has 0 aliphatic carbocycles. The lowest BCUT2D eigenvalue weighted by atomic mass is 10.2. The zero-order chi connectivity index (χ0) is 21.7. The van der Waals surface area contributed by atoms with Crippen LogP contribution in [0.25, 0.3) is 0 Å². The van der Waals surface area contributed by atoms with E-state index in [1.807, 2.05) is 12.1 Å². The number of rotatable bonds is 2. The van der Waals surface area contributed by atoms with Crippen molar-refractivity contribution in [1.82, 2.24) is 9.80 Å². The number of halogens is 1. The molecule has 2 N–H and O–H groups in total. The van der Waals surface area contributed by atoms with Crippen LogP contribution in [0.15, 0.2) is 55.9 Å². The van der Waals surface area contributed by atoms with Crippen molar-refractivity contribution in [2.75, 3.05) is 33.2 Å². The highest BCUT2D eigenvalue weighted by Gasteiger charge is 2.25. The number of hydrogen-bond donors (Lipinski definition) is 2. The van der Waals surface area contributed by atoms with E-state index in [0.717, 1.165) is 42.7 Å². The van der Waals surface area contributed by atoms with Gasteiger partial charge in [0.15, 0.2) is 0 Å². The Hall–Kier alpha value is -2.33. The monoisotopic (exact) mass is 465 g/mol. The number of hydrogen-bond acceptors (Lipinski definition) is 7. The quantitative estimate of drug-likeness (QED) is 0.649. The second-order valence-corrected chi connectivity index (χ2v) is 8.86. The molecule has 1 saturated heterocycles. The molecule has 0 amide bonds. The molecule has 2 aliphatic heterocycles. The Bertz CT molecular complexity index is 982. The maximum Gasteiger partial charge on any atom is 0.328 e. The van der Waals surface area contributed by atoms with Gasteiger partial charge in [0.2, 0.25) is 0 Å². The third-order valence-corrected chi connectivity index (χ3v) is 6.66. The second-order valence-electron chi connectivity index (χ2n) is 6.60. The summed E-state index contributed by atoms with van der Waals surface area (Å²) in [4.78, 5) is 31.3. The smallest absolute Gasteiger partial charge is 0.328 e. The molecule has 3 heterocycles. The number of nitrogens with zero attached hydrogens (tertiary/aromatic N) is 3. The van der Waals surface area contributed by atoms with Crippen LogP contribution in [0, 0.1) is 0 Å². The topological polar surface area (TPSA) is 93.4 Å². The minimum Gasteiger partial charge on any atom is -0.478 e. The van der Waals surface area contributed by atoms with E-state index in [1.54, 1.807) is 23.1 Å². The van der Waals surface area contributed by atoms with Crippen molar-refractivity contribution in [3.63, 3.8) is 0 Å². The zero-order valence-electron chi connectivity index (χ0n) is 16.1. The number of fused-ring (bicyclic) bond motifs is 2. The Morgan fingerprint density at radius 1 is 1.07 bits per heavy atom. The first-order valence-electron chi connectivity index (χ1n) is 9.03. The van der Waals surface area contributed by atoms with E-state index in [9.17, 15) is 9.59 Å². The summed E-state index contributed by atoms with van der Waals surface area (Å²) >= 11 is 9.70. The van der Waals surface area contributed by atoms with Crippen LogP contribution < -0.4 is 0 Å². The van der Waals surface area contributed by atoms with Crippen molar-refractivity contribution >= 4 is 58.2 Å². The average Bonchev–Trinajstić information content (AvgIpc) is 3.10. The predicted octanol–water partition coefficient (Wildman–Crippen LogP) is 3.90. The molecule has 0 unspecified atom stereocenters. The van der Waals surface area contributed by atoms with Crippen LogP contribution in [0.5, 0.6) is 0 Å². The normalized spacial score (nSPS) is 16.1. The molecular weight excluding hydrogens is 446 g/mol. The SMILES string of the molecule is CN1CCN(C2=Nc3cc(Cl)ccc3Sc3cscc32)CC1.O=C(O)/C=C/C(=O)O. The third kappa shape index (κ3) is 5.85. The Morgan fingerprint density at radius 2 is 1.73 bits per heavy atom. The molecule has 4 rings (SSSR count). The van der Waals surface area contributed by atoms with Gasteiger partial charge in [-0.2, -0.15) is 11.3 Å². The first-order chi connectivity index (χ1) is 14.3. The van der Waals surface area contributed by atoms with Crippen LogP contribution in [0.2, 0.25) is 5.02 Å². The number of benzene rings is 1. The molecule has 30 heavy (non-hydrogen) atoms. The predicted molar refractivity (Wildman–Crippen MR) is 120 cm³/mol. The van der Waals surface area contributed by atoms with Crippen LogP contribution in [-0.4, -0.2) is 71.0 Å². The number of thiophene rings is 1. The molecule has 7 nitrogen and oxygen atoms in total. The van der Waals surface area contributed by atoms with Crippen molar-refractivity contribution in [3.8, 4) is 0 Å². The lowest BCUT2D eigenvalue weighted by Crippen LogP contribution is -2.47. The number of piperazine rings is 1. The van der Waals surface area contributed by atoms with Crippen molar-refractivity contribution < 1.29 is 19.8 Å². The molecule has 10 heteroatoms. The van der Waals surface area contributed by atoms with Gasteiger partial charge in [0.05, 0.1) is 5.69 Å². The summed E-state index contributed by atoms with van der Waals surface area (Å²) in [5, 5.41) is 20.8. The lowest BCUT2D eigenvalue weighted by Gasteiger charge is -2.34. The zero-order valence-corrected chi connectivity index (χ0v) is 18.5. The maximum absolute atomic E-state index is 9.55. The molecule has 1 aromatic heterocycles. The van der Waals surface area contributed by atoms with Gasteiger partial charge < -0.3 is 20.0 Å². The van der Waals surface area contributed by atoms with E-state index in [1.165, 1.54) is 15.4 Å². The van der Waals surface area contributed by atoms with Gasteiger partial charge in [-0.05, 0) is 25.2 Å². The van der Waals surface area contributed by atoms with Gasteiger partial charge in [0, 0.05) is 69.5 Å². The molecule has 0 spiro atoms. The van der Waals surface area contributed by atoms with Gasteiger partial charge in [0.25, 0.3) is 0 Å². The molecule has 0 bridgehead atoms. The number of carboxylic acids is 2. The number of likely N-dealkylation sites (N-methyl/N-ethyl adjacent to an activating group) is 1. The van der Waals surface area contributed by atoms with Gasteiger partial charge in [-0.1, -0.05) is 23.4 Å². The van der Waals surface area contributed by atoms with Gasteiger partial charge in [0.1, 0.15) is 5.84 Å². The summed E-state index contributed by atoms with van der Waals surface area (Å²) in [5.41, 5.74) is 2.24. The van der Waals surface area contributed by atoms with E-state index in [4.69, 9.17) is 26.8 Å². The molecule has 0 atom stereocenters. The van der Waals surface area contributed by atoms with Crippen molar-refractivity contribution in [2.45, 2.75) is 9.79 Å². The first-order valence-corrected chi connectivity index (χ1v) is 11.2. The Labute approximate surface area is 187 Å². The standard InChI is InChI=1S/C16H16ClN3S2.C4H4O4/c1-19-4-6-20(7-5-19)16-12-9-21-10-15(12)22-14-3-2-11(17)8-13(14)18-16;5-3(6)1-2-4(7)8/h2-3,8-10H,4-7H2,1H3;1-2H,(H,5,6)(H,7,8)/b;2-1+. The van der Waals surface area contributed by atoms with Crippen LogP contribution in [0.1, 0.15) is 5.56 Å². The Morgan fingerprint density at radius 3 is 2.37 bits per heavy atom. The molecule has 158 valence electrons. The molecule has 1 fully saturated rings. The number of carboxylic acid groups (broad SMARTS) is 2. The fraction of sp³-hybridized carbons (Fsp3) is 0.250. The summed E-state index contributed by atoms with van der Waals surface area (Å²) in [6, 6.07) is 5.98. The van der Waals surface area contributed by atoms with Crippen LogP contribution in [-0.2, 0) is 9.59 Å². The summed E-state index contributed by atoms with van der Waals surface area (Å²) in [6.07, 6.45) is 1.12. The molecular formula is C20H20ClN3O4S2. The number of aliphatic imine (C=N–C) groups is 1. The Kier molecular flexibility index (Phi) is 7.54. The third-order valence-electron chi connectivity index (χ3n) is 4.41. The fourth-order valence-electron chi connectivity index (χ4n) is 2.89. The lowest BCUT2D eigenvalue weighted by molar-refractivity contribution is -0.134. The van der Waals surface area contributed by atoms with Crippen molar-refractivity contribution in [1.29, 1.82) is 0 Å². The van der Waals surface area contributed by atoms with E-state index in [2.05, 4.69) is 33.7 Å². The minimum absolute atomic E-state index is 0.558. The maximum atomic E-state index is 9.55. The summed E-state index contributed by atoms with van der Waals surface area (Å²) in [7, 11) is 2.17. The van der Waals surface area contributed by atoms with Crippen LogP contribution in [0.4, 0.5) is 5.69 Å². The van der Waals surface area contributed by atoms with Crippen LogP contribution >= 0.6 is 34.7 Å². The Balaban J connectivity index is 0.000000275. The van der Waals surface area contributed by atoms with E-state index in [0.29, 0.717) is 12.2 Å². The van der Waals surface area contributed by atoms with Gasteiger partial charge >= 0.3 is 11.9 Å². The molecule has 2 aromatic rings. The average molecular weight is 466 g/mol. The van der Waals surface area contributed by atoms with Crippen LogP contribution in [0.3, 0.4) is 0 Å². The number of carbonyl (C=O) groups is 2. The molecule has 1 aromatic carbocycles. The highest BCUT2D eigenvalue weighted by Crippen LogP contribution is 2.43. The van der Waals surface area contributed by atoms with E-state index < -0.39 is 11.9 Å². The number of aliphatic carboxylic acids is 2. The second kappa shape index (κ2) is 10.1. The highest BCUT2D eigenvalue weighted by molar-refractivity contribution is 7.99. The van der Waals surface area contributed by atoms with Gasteiger partial charge in [-0.15, -0.1) is 0 Å².